The van der Waals surface area contributed by atoms with Gasteiger partial charge in [-0.15, -0.1) is 0 Å². The number of ketones is 1. The van der Waals surface area contributed by atoms with Crippen LogP contribution in [0.4, 0.5) is 5.13 Å². The van der Waals surface area contributed by atoms with E-state index >= 15 is 0 Å². The van der Waals surface area contributed by atoms with Crippen molar-refractivity contribution in [2.45, 2.75) is 6.92 Å². The van der Waals surface area contributed by atoms with Crippen molar-refractivity contribution in [3.05, 3.63) is 88.6 Å². The largest absolute Gasteiger partial charge is 0.296 e. The van der Waals surface area contributed by atoms with Gasteiger partial charge in [0.2, 0.25) is 5.78 Å². The summed E-state index contributed by atoms with van der Waals surface area (Å²) in [5, 5.41) is 7.29. The van der Waals surface area contributed by atoms with Crippen LogP contribution in [-0.2, 0) is 7.05 Å². The molecule has 0 aliphatic rings. The average molecular weight is 402 g/mol. The fraction of sp³-hybridized carbons (Fsp3) is 0.0909. The zero-order chi connectivity index (χ0) is 20.4. The van der Waals surface area contributed by atoms with E-state index < -0.39 is 0 Å². The Balaban J connectivity index is 1.74. The highest BCUT2D eigenvalue weighted by Gasteiger charge is 2.23. The van der Waals surface area contributed by atoms with E-state index in [4.69, 9.17) is 0 Å². The first-order valence-electron chi connectivity index (χ1n) is 9.00. The van der Waals surface area contributed by atoms with Crippen LogP contribution in [0.3, 0.4) is 0 Å². The normalized spacial score (nSPS) is 10.7. The van der Waals surface area contributed by atoms with E-state index in [0.717, 1.165) is 11.1 Å². The highest BCUT2D eigenvalue weighted by Crippen LogP contribution is 2.33. The number of benzene rings is 2. The third-order valence-corrected chi connectivity index (χ3v) is 5.44. The monoisotopic (exact) mass is 402 g/mol. The minimum Gasteiger partial charge on any atom is -0.296 e. The lowest BCUT2D eigenvalue weighted by Gasteiger charge is -2.03. The number of aryl methyl sites for hydroxylation is 2. The molecular formula is C22H18N4O2S. The maximum Gasteiger partial charge on any atom is 0.275 e. The molecule has 0 atom stereocenters. The van der Waals surface area contributed by atoms with Crippen LogP contribution in [0.15, 0.2) is 66.9 Å². The van der Waals surface area contributed by atoms with Crippen molar-refractivity contribution in [1.82, 2.24) is 14.8 Å². The van der Waals surface area contributed by atoms with E-state index in [1.807, 2.05) is 55.5 Å². The number of carbonyl (C=O) groups excluding carboxylic acids is 2. The Morgan fingerprint density at radius 1 is 1.00 bits per heavy atom. The lowest BCUT2D eigenvalue weighted by molar-refractivity contribution is 0.101. The zero-order valence-electron chi connectivity index (χ0n) is 15.9. The first-order valence-corrected chi connectivity index (χ1v) is 9.82. The van der Waals surface area contributed by atoms with E-state index in [1.165, 1.54) is 16.0 Å². The Morgan fingerprint density at radius 2 is 1.66 bits per heavy atom. The lowest BCUT2D eigenvalue weighted by atomic mass is 10.1. The predicted molar refractivity (Wildman–Crippen MR) is 113 cm³/mol. The van der Waals surface area contributed by atoms with Crippen molar-refractivity contribution >= 4 is 28.2 Å². The van der Waals surface area contributed by atoms with Gasteiger partial charge in [0.05, 0.1) is 11.9 Å². The van der Waals surface area contributed by atoms with Crippen LogP contribution < -0.4 is 5.32 Å². The van der Waals surface area contributed by atoms with Crippen LogP contribution in [-0.4, -0.2) is 26.5 Å². The Bertz CT molecular complexity index is 1160. The van der Waals surface area contributed by atoms with Crippen LogP contribution in [0.5, 0.6) is 0 Å². The summed E-state index contributed by atoms with van der Waals surface area (Å²) in [7, 11) is 1.71. The number of anilines is 1. The molecule has 0 unspecified atom stereocenters. The Labute approximate surface area is 171 Å². The van der Waals surface area contributed by atoms with Gasteiger partial charge >= 0.3 is 0 Å². The molecule has 0 fully saturated rings. The molecule has 0 radical (unpaired) electrons. The SMILES string of the molecule is Cc1cnn(C)c1C(=O)Nc1nc(-c2ccccc2)c(C(=O)c2ccccc2)s1. The van der Waals surface area contributed by atoms with Crippen LogP contribution in [0, 0.1) is 6.92 Å². The summed E-state index contributed by atoms with van der Waals surface area (Å²) >= 11 is 1.17. The van der Waals surface area contributed by atoms with Crippen molar-refractivity contribution in [2.24, 2.45) is 7.05 Å². The van der Waals surface area contributed by atoms with E-state index in [-0.39, 0.29) is 11.7 Å². The van der Waals surface area contributed by atoms with E-state index in [0.29, 0.717) is 27.0 Å². The van der Waals surface area contributed by atoms with Gasteiger partial charge in [0, 0.05) is 18.2 Å². The number of rotatable bonds is 5. The Morgan fingerprint density at radius 3 is 2.28 bits per heavy atom. The minimum atomic E-state index is -0.311. The van der Waals surface area contributed by atoms with Crippen molar-refractivity contribution in [1.29, 1.82) is 0 Å². The number of aromatic nitrogens is 3. The number of hydrogen-bond acceptors (Lipinski definition) is 5. The second-order valence-electron chi connectivity index (χ2n) is 6.51. The highest BCUT2D eigenvalue weighted by molar-refractivity contribution is 7.18. The molecule has 0 saturated heterocycles. The average Bonchev–Trinajstić information content (AvgIpc) is 3.31. The van der Waals surface area contributed by atoms with Crippen LogP contribution in [0.1, 0.15) is 31.3 Å². The topological polar surface area (TPSA) is 76.9 Å². The standard InChI is InChI=1S/C22H18N4O2S/c1-14-13-23-26(2)18(14)21(28)25-22-24-17(15-9-5-3-6-10-15)20(29-22)19(27)16-11-7-4-8-12-16/h3-13H,1-2H3,(H,24,25,28). The smallest absolute Gasteiger partial charge is 0.275 e. The molecule has 0 aliphatic heterocycles. The summed E-state index contributed by atoms with van der Waals surface area (Å²) in [6.45, 7) is 1.82. The van der Waals surface area contributed by atoms with Gasteiger partial charge in [0.1, 0.15) is 10.6 Å². The van der Waals surface area contributed by atoms with Gasteiger partial charge in [-0.1, -0.05) is 72.0 Å². The predicted octanol–water partition coefficient (Wildman–Crippen LogP) is 4.34. The van der Waals surface area contributed by atoms with Crippen molar-refractivity contribution in [2.75, 3.05) is 5.32 Å². The fourth-order valence-electron chi connectivity index (χ4n) is 3.07. The molecule has 29 heavy (non-hydrogen) atoms. The fourth-order valence-corrected chi connectivity index (χ4v) is 4.01. The van der Waals surface area contributed by atoms with Crippen molar-refractivity contribution in [3.63, 3.8) is 0 Å². The molecule has 7 heteroatoms. The van der Waals surface area contributed by atoms with Gasteiger partial charge < -0.3 is 0 Å². The van der Waals surface area contributed by atoms with Crippen LogP contribution in [0.25, 0.3) is 11.3 Å². The number of carbonyl (C=O) groups is 2. The Kier molecular flexibility index (Phi) is 5.05. The first-order chi connectivity index (χ1) is 14.0. The molecule has 1 N–H and O–H groups in total. The zero-order valence-corrected chi connectivity index (χ0v) is 16.7. The third-order valence-electron chi connectivity index (χ3n) is 4.47. The number of hydrogen-bond donors (Lipinski definition) is 1. The lowest BCUT2D eigenvalue weighted by Crippen LogP contribution is -2.17. The van der Waals surface area contributed by atoms with E-state index in [9.17, 15) is 9.59 Å². The van der Waals surface area contributed by atoms with E-state index in [2.05, 4.69) is 15.4 Å². The van der Waals surface area contributed by atoms with Gasteiger partial charge in [-0.2, -0.15) is 5.10 Å². The van der Waals surface area contributed by atoms with Gasteiger partial charge in [0.15, 0.2) is 5.13 Å². The summed E-state index contributed by atoms with van der Waals surface area (Å²) in [6, 6.07) is 18.5. The van der Waals surface area contributed by atoms with Gasteiger partial charge in [0.25, 0.3) is 5.91 Å². The van der Waals surface area contributed by atoms with Crippen molar-refractivity contribution < 1.29 is 9.59 Å². The van der Waals surface area contributed by atoms with E-state index in [1.54, 1.807) is 25.4 Å². The summed E-state index contributed by atoms with van der Waals surface area (Å²) in [6.07, 6.45) is 1.64. The molecule has 0 saturated carbocycles. The number of amides is 1. The second kappa shape index (κ2) is 7.81. The van der Waals surface area contributed by atoms with Gasteiger partial charge in [-0.3, -0.25) is 19.6 Å². The second-order valence-corrected chi connectivity index (χ2v) is 7.51. The summed E-state index contributed by atoms with van der Waals surface area (Å²) in [5.41, 5.74) is 3.18. The van der Waals surface area contributed by atoms with Gasteiger partial charge in [-0.25, -0.2) is 4.98 Å². The summed E-state index contributed by atoms with van der Waals surface area (Å²) < 4.78 is 1.52. The molecule has 2 heterocycles. The molecule has 4 rings (SSSR count). The number of nitrogens with zero attached hydrogens (tertiary/aromatic N) is 3. The van der Waals surface area contributed by atoms with Gasteiger partial charge in [-0.05, 0) is 12.5 Å². The number of thiazole rings is 1. The maximum atomic E-state index is 13.1. The third kappa shape index (κ3) is 3.72. The molecule has 4 aromatic rings. The number of nitrogens with one attached hydrogen (secondary N) is 1. The highest BCUT2D eigenvalue weighted by atomic mass is 32.1. The molecule has 0 bridgehead atoms. The molecule has 2 aromatic carbocycles. The molecule has 2 aromatic heterocycles. The molecule has 0 spiro atoms. The molecule has 0 aliphatic carbocycles. The first kappa shape index (κ1) is 18.8. The summed E-state index contributed by atoms with van der Waals surface area (Å²) in [4.78, 5) is 30.9. The van der Waals surface area contributed by atoms with Crippen LogP contribution >= 0.6 is 11.3 Å². The molecule has 1 amide bonds. The van der Waals surface area contributed by atoms with Crippen molar-refractivity contribution in [3.8, 4) is 11.3 Å². The molecular weight excluding hydrogens is 384 g/mol. The maximum absolute atomic E-state index is 13.1. The molecule has 6 nitrogen and oxygen atoms in total. The quantitative estimate of drug-likeness (QED) is 0.504. The van der Waals surface area contributed by atoms with Crippen LogP contribution in [0.2, 0.25) is 0 Å². The summed E-state index contributed by atoms with van der Waals surface area (Å²) in [5.74, 6) is -0.436. The minimum absolute atomic E-state index is 0.126. The Hall–Kier alpha value is -3.58. The molecule has 144 valence electrons.